The molecule has 6 nitrogen and oxygen atoms in total. The Morgan fingerprint density at radius 2 is 2.00 bits per heavy atom. The van der Waals surface area contributed by atoms with Gasteiger partial charge in [-0.2, -0.15) is 0 Å². The van der Waals surface area contributed by atoms with Gasteiger partial charge in [0.05, 0.1) is 6.54 Å². The molecular weight excluding hydrogens is 306 g/mol. The molecule has 1 aliphatic rings. The molecule has 1 saturated heterocycles. The Bertz CT molecular complexity index is 505. The van der Waals surface area contributed by atoms with Gasteiger partial charge in [0.2, 0.25) is 5.91 Å². The molecule has 1 fully saturated rings. The minimum Gasteiger partial charge on any atom is -0.484 e. The van der Waals surface area contributed by atoms with E-state index < -0.39 is 0 Å². The summed E-state index contributed by atoms with van der Waals surface area (Å²) in [4.78, 5) is 25.2. The lowest BCUT2D eigenvalue weighted by Crippen LogP contribution is -2.32. The predicted octanol–water partition coefficient (Wildman–Crippen LogP) is 1.27. The van der Waals surface area contributed by atoms with E-state index in [0.717, 1.165) is 25.9 Å². The number of likely N-dealkylation sites (N-methyl/N-ethyl adjacent to an activating group) is 1. The van der Waals surface area contributed by atoms with E-state index in [1.54, 1.807) is 31.3 Å². The summed E-state index contributed by atoms with van der Waals surface area (Å²) in [6, 6.07) is 7.04. The second-order valence-electron chi connectivity index (χ2n) is 4.98. The largest absolute Gasteiger partial charge is 0.484 e. The lowest BCUT2D eigenvalue weighted by atomic mass is 10.3. The van der Waals surface area contributed by atoms with Crippen LogP contribution in [0, 0.1) is 0 Å². The average molecular weight is 328 g/mol. The molecule has 0 saturated carbocycles. The molecule has 0 radical (unpaired) electrons. The normalized spacial score (nSPS) is 13.4. The number of rotatable bonds is 6. The molecule has 1 aromatic rings. The van der Waals surface area contributed by atoms with Crippen molar-refractivity contribution in [1.82, 2.24) is 10.2 Å². The number of likely N-dealkylation sites (tertiary alicyclic amines) is 1. The number of halogens is 1. The van der Waals surface area contributed by atoms with Crippen LogP contribution in [0.4, 0.5) is 5.69 Å². The van der Waals surface area contributed by atoms with Gasteiger partial charge in [-0.1, -0.05) is 6.07 Å². The lowest BCUT2D eigenvalue weighted by molar-refractivity contribution is -0.132. The Morgan fingerprint density at radius 1 is 1.27 bits per heavy atom. The molecule has 2 rings (SSSR count). The van der Waals surface area contributed by atoms with Gasteiger partial charge in [0.15, 0.2) is 6.61 Å². The monoisotopic (exact) mass is 327 g/mol. The molecule has 7 heteroatoms. The maximum Gasteiger partial charge on any atom is 0.260 e. The van der Waals surface area contributed by atoms with Crippen LogP contribution in [0.3, 0.4) is 0 Å². The van der Waals surface area contributed by atoms with E-state index in [4.69, 9.17) is 4.74 Å². The van der Waals surface area contributed by atoms with Gasteiger partial charge in [-0.05, 0) is 32.0 Å². The Balaban J connectivity index is 0.00000242. The maximum absolute atomic E-state index is 11.9. The van der Waals surface area contributed by atoms with E-state index in [-0.39, 0.29) is 37.4 Å². The third kappa shape index (κ3) is 5.54. The van der Waals surface area contributed by atoms with Crippen molar-refractivity contribution in [3.8, 4) is 5.75 Å². The highest BCUT2D eigenvalue weighted by molar-refractivity contribution is 5.92. The number of nitrogens with zero attached hydrogens (tertiary/aromatic N) is 1. The van der Waals surface area contributed by atoms with E-state index in [2.05, 4.69) is 10.6 Å². The van der Waals surface area contributed by atoms with Crippen LogP contribution in [0.15, 0.2) is 24.3 Å². The number of carbonyl (C=O) groups excluding carboxylic acids is 2. The molecule has 0 aromatic heterocycles. The molecule has 1 aliphatic heterocycles. The topological polar surface area (TPSA) is 70.7 Å². The van der Waals surface area contributed by atoms with Gasteiger partial charge in [0.1, 0.15) is 5.75 Å². The Kier molecular flexibility index (Phi) is 7.70. The van der Waals surface area contributed by atoms with Crippen LogP contribution in [0.2, 0.25) is 0 Å². The van der Waals surface area contributed by atoms with E-state index in [1.807, 2.05) is 4.90 Å². The molecule has 0 bridgehead atoms. The maximum atomic E-state index is 11.9. The smallest absolute Gasteiger partial charge is 0.260 e. The van der Waals surface area contributed by atoms with Crippen LogP contribution in [0.1, 0.15) is 12.8 Å². The molecule has 0 aliphatic carbocycles. The number of nitrogens with one attached hydrogen (secondary N) is 2. The molecular formula is C15H22ClN3O3. The van der Waals surface area contributed by atoms with E-state index in [9.17, 15) is 9.59 Å². The minimum absolute atomic E-state index is 0. The Labute approximate surface area is 136 Å². The van der Waals surface area contributed by atoms with Crippen LogP contribution in [-0.2, 0) is 9.59 Å². The summed E-state index contributed by atoms with van der Waals surface area (Å²) in [7, 11) is 1.71. The highest BCUT2D eigenvalue weighted by Gasteiger charge is 2.18. The first-order chi connectivity index (χ1) is 10.2. The summed E-state index contributed by atoms with van der Waals surface area (Å²) < 4.78 is 5.50. The highest BCUT2D eigenvalue weighted by Crippen LogP contribution is 2.17. The SMILES string of the molecule is CNCC(=O)Nc1cccc(OCC(=O)N2CCCC2)c1.Cl. The first-order valence-corrected chi connectivity index (χ1v) is 7.14. The minimum atomic E-state index is -0.122. The summed E-state index contributed by atoms with van der Waals surface area (Å²) in [5, 5.41) is 5.53. The Morgan fingerprint density at radius 3 is 2.68 bits per heavy atom. The van der Waals surface area contributed by atoms with Crippen molar-refractivity contribution in [2.24, 2.45) is 0 Å². The van der Waals surface area contributed by atoms with Crippen molar-refractivity contribution in [1.29, 1.82) is 0 Å². The van der Waals surface area contributed by atoms with E-state index >= 15 is 0 Å². The molecule has 1 aromatic carbocycles. The van der Waals surface area contributed by atoms with E-state index in [0.29, 0.717) is 11.4 Å². The summed E-state index contributed by atoms with van der Waals surface area (Å²) in [5.74, 6) is 0.463. The number of ether oxygens (including phenoxy) is 1. The molecule has 0 unspecified atom stereocenters. The van der Waals surface area contributed by atoms with Gasteiger partial charge in [-0.15, -0.1) is 12.4 Å². The van der Waals surface area contributed by atoms with Crippen molar-refractivity contribution in [3.63, 3.8) is 0 Å². The van der Waals surface area contributed by atoms with Crippen molar-refractivity contribution in [3.05, 3.63) is 24.3 Å². The first-order valence-electron chi connectivity index (χ1n) is 7.14. The molecule has 1 heterocycles. The summed E-state index contributed by atoms with van der Waals surface area (Å²) >= 11 is 0. The third-order valence-electron chi connectivity index (χ3n) is 3.28. The highest BCUT2D eigenvalue weighted by atomic mass is 35.5. The van der Waals surface area contributed by atoms with Crippen LogP contribution in [-0.4, -0.2) is 50.0 Å². The number of hydrogen-bond acceptors (Lipinski definition) is 4. The van der Waals surface area contributed by atoms with Crippen LogP contribution in [0.5, 0.6) is 5.75 Å². The van der Waals surface area contributed by atoms with Gasteiger partial charge < -0.3 is 20.3 Å². The quantitative estimate of drug-likeness (QED) is 0.825. The lowest BCUT2D eigenvalue weighted by Gasteiger charge is -2.15. The van der Waals surface area contributed by atoms with Crippen molar-refractivity contribution in [2.45, 2.75) is 12.8 Å². The van der Waals surface area contributed by atoms with Gasteiger partial charge in [-0.25, -0.2) is 0 Å². The van der Waals surface area contributed by atoms with E-state index in [1.165, 1.54) is 0 Å². The van der Waals surface area contributed by atoms with Gasteiger partial charge >= 0.3 is 0 Å². The molecule has 122 valence electrons. The number of benzene rings is 1. The zero-order chi connectivity index (χ0) is 15.1. The second kappa shape index (κ2) is 9.27. The Hall–Kier alpha value is -1.79. The number of amides is 2. The standard InChI is InChI=1S/C15H21N3O3.ClH/c1-16-10-14(19)17-12-5-4-6-13(9-12)21-11-15(20)18-7-2-3-8-18;/h4-6,9,16H,2-3,7-8,10-11H2,1H3,(H,17,19);1H. The van der Waals surface area contributed by atoms with Gasteiger partial charge in [0, 0.05) is 24.8 Å². The fourth-order valence-electron chi connectivity index (χ4n) is 2.23. The van der Waals surface area contributed by atoms with Gasteiger partial charge in [-0.3, -0.25) is 9.59 Å². The summed E-state index contributed by atoms with van der Waals surface area (Å²) in [5.41, 5.74) is 0.654. The third-order valence-corrected chi connectivity index (χ3v) is 3.28. The number of anilines is 1. The second-order valence-corrected chi connectivity index (χ2v) is 4.98. The summed E-state index contributed by atoms with van der Waals surface area (Å²) in [6.45, 7) is 1.93. The van der Waals surface area contributed by atoms with Crippen LogP contribution < -0.4 is 15.4 Å². The molecule has 2 amide bonds. The molecule has 0 atom stereocenters. The molecule has 2 N–H and O–H groups in total. The number of carbonyl (C=O) groups is 2. The summed E-state index contributed by atoms with van der Waals surface area (Å²) in [6.07, 6.45) is 2.14. The fraction of sp³-hybridized carbons (Fsp3) is 0.467. The fourth-order valence-corrected chi connectivity index (χ4v) is 2.23. The zero-order valence-electron chi connectivity index (χ0n) is 12.6. The molecule has 22 heavy (non-hydrogen) atoms. The van der Waals surface area contributed by atoms with Gasteiger partial charge in [0.25, 0.3) is 5.91 Å². The van der Waals surface area contributed by atoms with Crippen molar-refractivity contribution >= 4 is 29.9 Å². The molecule has 0 spiro atoms. The average Bonchev–Trinajstić information content (AvgIpc) is 2.99. The predicted molar refractivity (Wildman–Crippen MR) is 87.6 cm³/mol. The van der Waals surface area contributed by atoms with Crippen LogP contribution in [0.25, 0.3) is 0 Å². The van der Waals surface area contributed by atoms with Crippen molar-refractivity contribution < 1.29 is 14.3 Å². The van der Waals surface area contributed by atoms with Crippen molar-refractivity contribution in [2.75, 3.05) is 38.6 Å². The first kappa shape index (κ1) is 18.3. The number of hydrogen-bond donors (Lipinski definition) is 2. The van der Waals surface area contributed by atoms with Crippen LogP contribution >= 0.6 is 12.4 Å². The zero-order valence-corrected chi connectivity index (χ0v) is 13.4.